The van der Waals surface area contributed by atoms with Gasteiger partial charge in [0.1, 0.15) is 0 Å². The largest absolute Gasteiger partial charge is 0.347 e. The minimum atomic E-state index is 0. The van der Waals surface area contributed by atoms with Crippen LogP contribution in [0.3, 0.4) is 0 Å². The predicted octanol–water partition coefficient (Wildman–Crippen LogP) is 5.66. The molecule has 6 nitrogen and oxygen atoms in total. The maximum absolute atomic E-state index is 6.78. The van der Waals surface area contributed by atoms with Crippen molar-refractivity contribution in [1.82, 2.24) is 14.6 Å². The van der Waals surface area contributed by atoms with Crippen molar-refractivity contribution in [2.75, 3.05) is 29.4 Å². The summed E-state index contributed by atoms with van der Waals surface area (Å²) < 4.78 is 2.05. The molecule has 0 saturated carbocycles. The summed E-state index contributed by atoms with van der Waals surface area (Å²) in [4.78, 5) is 10.9. The van der Waals surface area contributed by atoms with Crippen LogP contribution in [0.15, 0.2) is 48.5 Å². The number of piperidine rings is 1. The highest BCUT2D eigenvalue weighted by Crippen LogP contribution is 2.51. The first-order valence-electron chi connectivity index (χ1n) is 12.4. The normalized spacial score (nSPS) is 20.7. The van der Waals surface area contributed by atoms with Crippen molar-refractivity contribution in [3.63, 3.8) is 0 Å². The second-order valence-corrected chi connectivity index (χ2v) is 11.1. The molecular formula is C28H34N6S. The average Bonchev–Trinajstić information content (AvgIpc) is 3.51. The zero-order chi connectivity index (χ0) is 22.9. The molecule has 2 aliphatic heterocycles. The van der Waals surface area contributed by atoms with E-state index in [0.717, 1.165) is 73.3 Å². The van der Waals surface area contributed by atoms with Crippen molar-refractivity contribution >= 4 is 32.9 Å². The molecule has 1 aliphatic carbocycles. The lowest BCUT2D eigenvalue weighted by atomic mass is 9.73. The van der Waals surface area contributed by atoms with Crippen LogP contribution < -0.4 is 15.5 Å². The van der Waals surface area contributed by atoms with Gasteiger partial charge < -0.3 is 15.5 Å². The molecule has 3 aliphatic rings. The molecule has 7 heteroatoms. The van der Waals surface area contributed by atoms with Gasteiger partial charge in [0, 0.05) is 31.4 Å². The minimum absolute atomic E-state index is 0. The monoisotopic (exact) mass is 486 g/mol. The van der Waals surface area contributed by atoms with E-state index >= 15 is 0 Å². The molecule has 0 bridgehead atoms. The Morgan fingerprint density at radius 3 is 2.51 bits per heavy atom. The van der Waals surface area contributed by atoms with E-state index in [0.29, 0.717) is 0 Å². The number of imidazole rings is 1. The molecule has 1 spiro atoms. The first kappa shape index (κ1) is 22.6. The van der Waals surface area contributed by atoms with Crippen LogP contribution in [0.4, 0.5) is 16.6 Å². The van der Waals surface area contributed by atoms with Gasteiger partial charge in [0.2, 0.25) is 10.1 Å². The van der Waals surface area contributed by atoms with Crippen LogP contribution in [-0.4, -0.2) is 34.2 Å². The fraction of sp³-hybridized carbons (Fsp3) is 0.429. The summed E-state index contributed by atoms with van der Waals surface area (Å²) in [5, 5.41) is 6.10. The Kier molecular flexibility index (Phi) is 5.38. The number of hydrogen-bond donors (Lipinski definition) is 1. The number of anilines is 3. The van der Waals surface area contributed by atoms with Gasteiger partial charge in [0.15, 0.2) is 5.82 Å². The van der Waals surface area contributed by atoms with Gasteiger partial charge in [0.05, 0.1) is 5.69 Å². The summed E-state index contributed by atoms with van der Waals surface area (Å²) in [6.07, 6.45) is 5.63. The van der Waals surface area contributed by atoms with E-state index in [1.807, 2.05) is 4.52 Å². The number of aromatic nitrogens is 3. The van der Waals surface area contributed by atoms with Gasteiger partial charge in [-0.25, -0.2) is 4.52 Å². The maximum Gasteiger partial charge on any atom is 0.216 e. The van der Waals surface area contributed by atoms with Crippen LogP contribution in [-0.2, 0) is 12.8 Å². The summed E-state index contributed by atoms with van der Waals surface area (Å²) >= 11 is 1.71. The SMILES string of the molecule is C.Cc1c(N2CCCc3ccccc32)nc2sc(N3CCC4(CC3)Cc3ccccc3[C@H]4N)nn12. The Bertz CT molecular complexity index is 1380. The molecule has 1 fully saturated rings. The van der Waals surface area contributed by atoms with Crippen molar-refractivity contribution in [2.45, 2.75) is 52.5 Å². The number of aryl methyl sites for hydroxylation is 2. The van der Waals surface area contributed by atoms with E-state index in [4.69, 9.17) is 15.8 Å². The molecule has 4 aromatic rings. The van der Waals surface area contributed by atoms with Crippen LogP contribution in [0.5, 0.6) is 0 Å². The van der Waals surface area contributed by atoms with Gasteiger partial charge in [-0.3, -0.25) is 0 Å². The van der Waals surface area contributed by atoms with E-state index < -0.39 is 0 Å². The van der Waals surface area contributed by atoms with Gasteiger partial charge in [-0.1, -0.05) is 61.2 Å². The summed E-state index contributed by atoms with van der Waals surface area (Å²) in [7, 11) is 0. The van der Waals surface area contributed by atoms with Gasteiger partial charge >= 0.3 is 0 Å². The second-order valence-electron chi connectivity index (χ2n) is 10.2. The van der Waals surface area contributed by atoms with E-state index in [-0.39, 0.29) is 18.9 Å². The van der Waals surface area contributed by atoms with Crippen LogP contribution >= 0.6 is 11.3 Å². The fourth-order valence-corrected chi connectivity index (χ4v) is 7.41. The van der Waals surface area contributed by atoms with Crippen molar-refractivity contribution in [3.05, 3.63) is 70.9 Å². The van der Waals surface area contributed by atoms with Gasteiger partial charge in [-0.15, -0.1) is 5.10 Å². The average molecular weight is 487 g/mol. The number of para-hydroxylation sites is 1. The van der Waals surface area contributed by atoms with E-state index in [9.17, 15) is 0 Å². The summed E-state index contributed by atoms with van der Waals surface area (Å²) in [6.45, 7) is 5.16. The van der Waals surface area contributed by atoms with Crippen molar-refractivity contribution < 1.29 is 0 Å². The highest BCUT2D eigenvalue weighted by Gasteiger charge is 2.46. The molecule has 35 heavy (non-hydrogen) atoms. The molecule has 1 atom stereocenters. The second kappa shape index (κ2) is 8.35. The Morgan fingerprint density at radius 1 is 1.00 bits per heavy atom. The molecule has 0 amide bonds. The highest BCUT2D eigenvalue weighted by atomic mass is 32.1. The zero-order valence-corrected chi connectivity index (χ0v) is 20.4. The third-order valence-corrected chi connectivity index (χ3v) is 9.35. The van der Waals surface area contributed by atoms with Crippen LogP contribution in [0.25, 0.3) is 4.96 Å². The van der Waals surface area contributed by atoms with Crippen molar-refractivity contribution in [1.29, 1.82) is 0 Å². The van der Waals surface area contributed by atoms with Crippen LogP contribution in [0.2, 0.25) is 0 Å². The molecule has 7 rings (SSSR count). The third kappa shape index (κ3) is 3.39. The number of nitrogens with two attached hydrogens (primary N) is 1. The Hall–Kier alpha value is -2.90. The van der Waals surface area contributed by atoms with Gasteiger partial charge in [0.25, 0.3) is 0 Å². The number of rotatable bonds is 2. The molecule has 2 N–H and O–H groups in total. The molecule has 1 saturated heterocycles. The van der Waals surface area contributed by atoms with Crippen LogP contribution in [0, 0.1) is 12.3 Å². The van der Waals surface area contributed by atoms with Gasteiger partial charge in [-0.05, 0) is 67.2 Å². The van der Waals surface area contributed by atoms with E-state index in [2.05, 4.69) is 65.3 Å². The van der Waals surface area contributed by atoms with E-state index in [1.54, 1.807) is 11.3 Å². The summed E-state index contributed by atoms with van der Waals surface area (Å²) in [5.41, 5.74) is 13.6. The lowest BCUT2D eigenvalue weighted by Gasteiger charge is -2.42. The Balaban J connectivity index is 0.00000229. The topological polar surface area (TPSA) is 62.7 Å². The lowest BCUT2D eigenvalue weighted by Crippen LogP contribution is -2.44. The third-order valence-electron chi connectivity index (χ3n) is 8.38. The summed E-state index contributed by atoms with van der Waals surface area (Å²) in [6, 6.07) is 17.6. The van der Waals surface area contributed by atoms with E-state index in [1.165, 1.54) is 22.4 Å². The standard InChI is InChI=1S/C27H30N6S.CH4/c1-18-24(32-14-6-9-19-7-3-5-11-22(19)32)29-25-33(18)30-26(34-25)31-15-12-27(13-16-31)17-20-8-2-4-10-21(20)23(27)28;/h2-5,7-8,10-11,23H,6,9,12-17,28H2,1H3;1H4/t23-;/m1./s1. The number of hydrogen-bond acceptors (Lipinski definition) is 6. The Morgan fingerprint density at radius 2 is 1.74 bits per heavy atom. The highest BCUT2D eigenvalue weighted by molar-refractivity contribution is 7.20. The number of fused-ring (bicyclic) bond motifs is 3. The predicted molar refractivity (Wildman–Crippen MR) is 145 cm³/mol. The Labute approximate surface area is 211 Å². The quantitative estimate of drug-likeness (QED) is 0.396. The number of nitrogens with zero attached hydrogens (tertiary/aromatic N) is 5. The molecular weight excluding hydrogens is 452 g/mol. The first-order chi connectivity index (χ1) is 16.6. The molecule has 182 valence electrons. The van der Waals surface area contributed by atoms with Crippen molar-refractivity contribution in [3.8, 4) is 0 Å². The molecule has 2 aromatic carbocycles. The fourth-order valence-electron chi connectivity index (χ4n) is 6.41. The number of benzene rings is 2. The van der Waals surface area contributed by atoms with Gasteiger partial charge in [-0.2, -0.15) is 4.98 Å². The molecule has 0 radical (unpaired) electrons. The van der Waals surface area contributed by atoms with Crippen LogP contribution in [0.1, 0.15) is 55.1 Å². The first-order valence-corrected chi connectivity index (χ1v) is 13.2. The van der Waals surface area contributed by atoms with Crippen molar-refractivity contribution in [2.24, 2.45) is 11.1 Å². The molecule has 2 aromatic heterocycles. The maximum atomic E-state index is 6.78. The smallest absolute Gasteiger partial charge is 0.216 e. The lowest BCUT2D eigenvalue weighted by molar-refractivity contribution is 0.187. The molecule has 4 heterocycles. The molecule has 0 unspecified atom stereocenters. The summed E-state index contributed by atoms with van der Waals surface area (Å²) in [5.74, 6) is 1.05. The minimum Gasteiger partial charge on any atom is -0.347 e. The zero-order valence-electron chi connectivity index (χ0n) is 19.6.